The molecule has 0 aliphatic heterocycles. The Balaban J connectivity index is 2.39. The molecule has 0 aliphatic carbocycles. The van der Waals surface area contributed by atoms with Crippen LogP contribution in [-0.2, 0) is 13.6 Å². The Kier molecular flexibility index (Phi) is 4.22. The van der Waals surface area contributed by atoms with Gasteiger partial charge in [-0.2, -0.15) is 0 Å². The zero-order valence-corrected chi connectivity index (χ0v) is 12.0. The van der Waals surface area contributed by atoms with Crippen LogP contribution < -0.4 is 10.1 Å². The summed E-state index contributed by atoms with van der Waals surface area (Å²) >= 11 is 0. The van der Waals surface area contributed by atoms with Crippen LogP contribution in [0.1, 0.15) is 19.4 Å². The van der Waals surface area contributed by atoms with Gasteiger partial charge in [-0.05, 0) is 23.8 Å². The summed E-state index contributed by atoms with van der Waals surface area (Å²) in [6.45, 7) is 5.08. The van der Waals surface area contributed by atoms with Gasteiger partial charge in [-0.15, -0.1) is 0 Å². The van der Waals surface area contributed by atoms with E-state index in [0.29, 0.717) is 6.04 Å². The van der Waals surface area contributed by atoms with Gasteiger partial charge in [0.2, 0.25) is 0 Å². The fraction of sp³-hybridized carbons (Fsp3) is 0.400. The second kappa shape index (κ2) is 5.89. The minimum atomic E-state index is 0.445. The molecular weight excluding hydrogens is 238 g/mol. The lowest BCUT2D eigenvalue weighted by atomic mass is 10.1. The van der Waals surface area contributed by atoms with Crippen LogP contribution in [0.25, 0.3) is 11.4 Å². The van der Waals surface area contributed by atoms with Gasteiger partial charge < -0.3 is 14.6 Å². The molecule has 102 valence electrons. The molecule has 2 aromatic rings. The average molecular weight is 259 g/mol. The molecule has 4 nitrogen and oxygen atoms in total. The highest BCUT2D eigenvalue weighted by Crippen LogP contribution is 2.26. The van der Waals surface area contributed by atoms with Crippen LogP contribution in [0.15, 0.2) is 30.6 Å². The summed E-state index contributed by atoms with van der Waals surface area (Å²) in [6.07, 6.45) is 3.78. The molecule has 0 atom stereocenters. The van der Waals surface area contributed by atoms with Gasteiger partial charge in [0.1, 0.15) is 11.6 Å². The SMILES string of the molecule is COc1ccc(-c2nccn2C)c(CNC(C)C)c1. The molecule has 0 bridgehead atoms. The number of aryl methyl sites for hydroxylation is 1. The second-order valence-corrected chi connectivity index (χ2v) is 4.92. The highest BCUT2D eigenvalue weighted by molar-refractivity contribution is 5.62. The Hall–Kier alpha value is -1.81. The van der Waals surface area contributed by atoms with Crippen LogP contribution in [-0.4, -0.2) is 22.7 Å². The number of ether oxygens (including phenoxy) is 1. The maximum atomic E-state index is 5.31. The van der Waals surface area contributed by atoms with E-state index < -0.39 is 0 Å². The monoisotopic (exact) mass is 259 g/mol. The van der Waals surface area contributed by atoms with Crippen molar-refractivity contribution in [2.45, 2.75) is 26.4 Å². The molecule has 0 spiro atoms. The first-order chi connectivity index (χ1) is 9.11. The first-order valence-corrected chi connectivity index (χ1v) is 6.50. The smallest absolute Gasteiger partial charge is 0.139 e. The summed E-state index contributed by atoms with van der Waals surface area (Å²) in [7, 11) is 3.70. The van der Waals surface area contributed by atoms with Gasteiger partial charge in [-0.25, -0.2) is 4.98 Å². The van der Waals surface area contributed by atoms with Crippen molar-refractivity contribution >= 4 is 0 Å². The molecule has 19 heavy (non-hydrogen) atoms. The Morgan fingerprint density at radius 1 is 1.37 bits per heavy atom. The van der Waals surface area contributed by atoms with Gasteiger partial charge in [-0.3, -0.25) is 0 Å². The second-order valence-electron chi connectivity index (χ2n) is 4.92. The van der Waals surface area contributed by atoms with Crippen LogP contribution in [0.4, 0.5) is 0 Å². The Morgan fingerprint density at radius 2 is 2.16 bits per heavy atom. The quantitative estimate of drug-likeness (QED) is 0.897. The molecule has 0 amide bonds. The van der Waals surface area contributed by atoms with Crippen molar-refractivity contribution in [3.05, 3.63) is 36.2 Å². The first kappa shape index (κ1) is 13.6. The molecule has 2 rings (SSSR count). The molecule has 1 heterocycles. The molecule has 0 fully saturated rings. The van der Waals surface area contributed by atoms with Crippen molar-refractivity contribution in [3.8, 4) is 17.1 Å². The number of benzene rings is 1. The largest absolute Gasteiger partial charge is 0.497 e. The van der Waals surface area contributed by atoms with E-state index >= 15 is 0 Å². The molecule has 0 aliphatic rings. The van der Waals surface area contributed by atoms with Gasteiger partial charge >= 0.3 is 0 Å². The highest BCUT2D eigenvalue weighted by atomic mass is 16.5. The first-order valence-electron chi connectivity index (χ1n) is 6.50. The number of hydrogen-bond acceptors (Lipinski definition) is 3. The van der Waals surface area contributed by atoms with Crippen LogP contribution >= 0.6 is 0 Å². The zero-order valence-electron chi connectivity index (χ0n) is 12.0. The highest BCUT2D eigenvalue weighted by Gasteiger charge is 2.10. The fourth-order valence-corrected chi connectivity index (χ4v) is 2.00. The van der Waals surface area contributed by atoms with Crippen LogP contribution in [0.2, 0.25) is 0 Å². The van der Waals surface area contributed by atoms with Crippen molar-refractivity contribution in [1.82, 2.24) is 14.9 Å². The predicted molar refractivity (Wildman–Crippen MR) is 77.2 cm³/mol. The molecule has 0 unspecified atom stereocenters. The topological polar surface area (TPSA) is 39.1 Å². The summed E-state index contributed by atoms with van der Waals surface area (Å²) in [5.41, 5.74) is 2.34. The van der Waals surface area contributed by atoms with Gasteiger partial charge in [0.05, 0.1) is 7.11 Å². The molecule has 0 saturated heterocycles. The van der Waals surface area contributed by atoms with Crippen molar-refractivity contribution in [2.24, 2.45) is 7.05 Å². The summed E-state index contributed by atoms with van der Waals surface area (Å²) < 4.78 is 7.34. The maximum Gasteiger partial charge on any atom is 0.139 e. The van der Waals surface area contributed by atoms with E-state index in [1.165, 1.54) is 5.56 Å². The summed E-state index contributed by atoms with van der Waals surface area (Å²) in [5.74, 6) is 1.85. The Labute approximate surface area is 114 Å². The molecule has 0 saturated carbocycles. The van der Waals surface area contributed by atoms with Crippen molar-refractivity contribution in [3.63, 3.8) is 0 Å². The fourth-order valence-electron chi connectivity index (χ4n) is 2.00. The summed E-state index contributed by atoms with van der Waals surface area (Å²) in [4.78, 5) is 4.42. The lowest BCUT2D eigenvalue weighted by Crippen LogP contribution is -2.22. The Morgan fingerprint density at radius 3 is 2.74 bits per heavy atom. The van der Waals surface area contributed by atoms with Crippen LogP contribution in [0, 0.1) is 0 Å². The molecular formula is C15H21N3O. The average Bonchev–Trinajstić information content (AvgIpc) is 2.82. The van der Waals surface area contributed by atoms with Gasteiger partial charge in [0, 0.05) is 37.6 Å². The van der Waals surface area contributed by atoms with Crippen LogP contribution in [0.5, 0.6) is 5.75 Å². The molecule has 1 aromatic heterocycles. The minimum absolute atomic E-state index is 0.445. The minimum Gasteiger partial charge on any atom is -0.497 e. The van der Waals surface area contributed by atoms with E-state index in [1.54, 1.807) is 7.11 Å². The number of methoxy groups -OCH3 is 1. The van der Waals surface area contributed by atoms with E-state index in [-0.39, 0.29) is 0 Å². The van der Waals surface area contributed by atoms with Crippen molar-refractivity contribution < 1.29 is 4.74 Å². The van der Waals surface area contributed by atoms with Crippen LogP contribution in [0.3, 0.4) is 0 Å². The van der Waals surface area contributed by atoms with E-state index in [0.717, 1.165) is 23.7 Å². The van der Waals surface area contributed by atoms with E-state index in [1.807, 2.05) is 30.1 Å². The summed E-state index contributed by atoms with van der Waals surface area (Å²) in [5, 5.41) is 3.44. The molecule has 4 heteroatoms. The molecule has 1 aromatic carbocycles. The number of rotatable bonds is 5. The van der Waals surface area contributed by atoms with Crippen molar-refractivity contribution in [1.29, 1.82) is 0 Å². The number of nitrogens with zero attached hydrogens (tertiary/aromatic N) is 2. The maximum absolute atomic E-state index is 5.31. The van der Waals surface area contributed by atoms with Gasteiger partial charge in [0.15, 0.2) is 0 Å². The van der Waals surface area contributed by atoms with Gasteiger partial charge in [0.25, 0.3) is 0 Å². The van der Waals surface area contributed by atoms with Gasteiger partial charge in [-0.1, -0.05) is 13.8 Å². The third-order valence-electron chi connectivity index (χ3n) is 3.08. The predicted octanol–water partition coefficient (Wildman–Crippen LogP) is 2.59. The number of imidazole rings is 1. The van der Waals surface area contributed by atoms with E-state index in [4.69, 9.17) is 4.74 Å². The zero-order chi connectivity index (χ0) is 13.8. The van der Waals surface area contributed by atoms with E-state index in [2.05, 4.69) is 36.3 Å². The van der Waals surface area contributed by atoms with E-state index in [9.17, 15) is 0 Å². The number of nitrogens with one attached hydrogen (secondary N) is 1. The molecule has 0 radical (unpaired) electrons. The van der Waals surface area contributed by atoms with Crippen molar-refractivity contribution in [2.75, 3.05) is 7.11 Å². The lowest BCUT2D eigenvalue weighted by Gasteiger charge is -2.14. The number of aromatic nitrogens is 2. The Bertz CT molecular complexity index is 546. The lowest BCUT2D eigenvalue weighted by molar-refractivity contribution is 0.414. The number of hydrogen-bond donors (Lipinski definition) is 1. The standard InChI is InChI=1S/C15H21N3O/c1-11(2)17-10-12-9-13(19-4)5-6-14(12)15-16-7-8-18(15)3/h5-9,11,17H,10H2,1-4H3. The summed E-state index contributed by atoms with van der Waals surface area (Å²) in [6, 6.07) is 6.56. The third kappa shape index (κ3) is 3.15. The normalized spacial score (nSPS) is 11.0. The third-order valence-corrected chi connectivity index (χ3v) is 3.08. The molecule has 1 N–H and O–H groups in total.